The molecule has 8 nitrogen and oxygen atoms in total. The lowest BCUT2D eigenvalue weighted by molar-refractivity contribution is -0.141. The molecule has 1 aromatic heterocycles. The smallest absolute Gasteiger partial charge is 0.306 e. The van der Waals surface area contributed by atoms with Crippen molar-refractivity contribution in [3.05, 3.63) is 64.9 Å². The summed E-state index contributed by atoms with van der Waals surface area (Å²) in [7, 11) is 0. The van der Waals surface area contributed by atoms with Crippen LogP contribution < -0.4 is 5.32 Å². The van der Waals surface area contributed by atoms with Gasteiger partial charge in [0, 0.05) is 11.1 Å². The quantitative estimate of drug-likeness (QED) is 0.522. The van der Waals surface area contributed by atoms with Gasteiger partial charge in [0.25, 0.3) is 11.7 Å². The number of aliphatic carboxylic acids is 1. The summed E-state index contributed by atoms with van der Waals surface area (Å²) in [4.78, 5) is 23.5. The third-order valence-electron chi connectivity index (χ3n) is 4.54. The lowest BCUT2D eigenvalue weighted by Crippen LogP contribution is -2.39. The topological polar surface area (TPSA) is 121 Å². The van der Waals surface area contributed by atoms with E-state index in [1.54, 1.807) is 6.92 Å². The zero-order valence-electron chi connectivity index (χ0n) is 15.7. The Kier molecular flexibility index (Phi) is 6.56. The number of nitrogens with one attached hydrogen (secondary N) is 2. The first-order valence-corrected chi connectivity index (χ1v) is 9.42. The minimum Gasteiger partial charge on any atom is -0.481 e. The highest BCUT2D eigenvalue weighted by molar-refractivity contribution is 6.30. The van der Waals surface area contributed by atoms with Gasteiger partial charge in [0.05, 0.1) is 5.92 Å². The molecule has 0 spiro atoms. The van der Waals surface area contributed by atoms with Crippen LogP contribution >= 0.6 is 11.6 Å². The number of aromatic nitrogens is 4. The Morgan fingerprint density at radius 1 is 1.17 bits per heavy atom. The molecule has 0 saturated carbocycles. The van der Waals surface area contributed by atoms with Crippen molar-refractivity contribution in [3.8, 4) is 11.1 Å². The van der Waals surface area contributed by atoms with Crippen molar-refractivity contribution in [2.45, 2.75) is 25.8 Å². The third kappa shape index (κ3) is 5.61. The van der Waals surface area contributed by atoms with E-state index < -0.39 is 23.8 Å². The minimum absolute atomic E-state index is 0.0886. The summed E-state index contributed by atoms with van der Waals surface area (Å²) >= 11 is 6.05. The maximum Gasteiger partial charge on any atom is 0.306 e. The molecule has 0 radical (unpaired) electrons. The van der Waals surface area contributed by atoms with Gasteiger partial charge in [0.15, 0.2) is 0 Å². The average Bonchev–Trinajstić information content (AvgIpc) is 3.23. The van der Waals surface area contributed by atoms with Gasteiger partial charge < -0.3 is 10.4 Å². The Bertz CT molecular complexity index is 976. The fourth-order valence-corrected chi connectivity index (χ4v) is 3.20. The molecule has 0 unspecified atom stereocenters. The van der Waals surface area contributed by atoms with E-state index in [9.17, 15) is 14.7 Å². The van der Waals surface area contributed by atoms with Gasteiger partial charge in [-0.15, -0.1) is 10.2 Å². The number of aromatic amines is 1. The second kappa shape index (κ2) is 9.29. The minimum atomic E-state index is -0.917. The number of amides is 1. The van der Waals surface area contributed by atoms with Gasteiger partial charge >= 0.3 is 5.97 Å². The first-order valence-electron chi connectivity index (χ1n) is 9.04. The molecule has 150 valence electrons. The summed E-state index contributed by atoms with van der Waals surface area (Å²) < 4.78 is 0. The van der Waals surface area contributed by atoms with Crippen LogP contribution in [-0.4, -0.2) is 43.6 Å². The average molecular weight is 414 g/mol. The number of nitrogens with zero attached hydrogens (tertiary/aromatic N) is 3. The van der Waals surface area contributed by atoms with Gasteiger partial charge in [-0.25, -0.2) is 0 Å². The molecular formula is C20H20ClN5O3. The summed E-state index contributed by atoms with van der Waals surface area (Å²) in [6.07, 6.45) is 0.742. The van der Waals surface area contributed by atoms with Crippen molar-refractivity contribution in [1.82, 2.24) is 25.9 Å². The second-order valence-corrected chi connectivity index (χ2v) is 7.23. The van der Waals surface area contributed by atoms with Crippen LogP contribution in [0.4, 0.5) is 0 Å². The molecule has 0 aliphatic rings. The molecule has 3 rings (SSSR count). The number of carboxylic acid groups (broad SMARTS) is 1. The highest BCUT2D eigenvalue weighted by Gasteiger charge is 2.22. The maximum atomic E-state index is 12.3. The van der Waals surface area contributed by atoms with Crippen LogP contribution in [0.2, 0.25) is 5.02 Å². The first-order chi connectivity index (χ1) is 13.9. The van der Waals surface area contributed by atoms with E-state index in [1.807, 2.05) is 48.5 Å². The van der Waals surface area contributed by atoms with Crippen LogP contribution in [0.3, 0.4) is 0 Å². The fourth-order valence-electron chi connectivity index (χ4n) is 3.01. The fraction of sp³-hybridized carbons (Fsp3) is 0.250. The number of carbonyl (C=O) groups excluding carboxylic acids is 1. The molecule has 0 bridgehead atoms. The first kappa shape index (κ1) is 20.5. The Labute approximate surface area is 172 Å². The standard InChI is InChI=1S/C20H20ClN5O3/c1-12(20(28)29)9-17(22-19(27)18-23-25-26-24-18)10-13-5-7-14(8-6-13)15-3-2-4-16(21)11-15/h2-8,11-12,17H,9-10H2,1H3,(H,22,27)(H,28,29)(H,23,24,25,26)/t12-,17-/m0/s1. The number of carbonyl (C=O) groups is 2. The number of tetrazole rings is 1. The lowest BCUT2D eigenvalue weighted by Gasteiger charge is -2.20. The molecule has 1 amide bonds. The van der Waals surface area contributed by atoms with Gasteiger partial charge in [-0.1, -0.05) is 54.9 Å². The molecule has 0 aliphatic carbocycles. The molecule has 3 aromatic rings. The van der Waals surface area contributed by atoms with Crippen LogP contribution in [-0.2, 0) is 11.2 Å². The van der Waals surface area contributed by atoms with E-state index in [4.69, 9.17) is 11.6 Å². The summed E-state index contributed by atoms with van der Waals surface area (Å²) in [6, 6.07) is 15.0. The lowest BCUT2D eigenvalue weighted by atomic mass is 9.95. The van der Waals surface area contributed by atoms with E-state index in [0.717, 1.165) is 16.7 Å². The van der Waals surface area contributed by atoms with Crippen molar-refractivity contribution in [2.75, 3.05) is 0 Å². The summed E-state index contributed by atoms with van der Waals surface area (Å²) in [6.45, 7) is 1.61. The Hall–Kier alpha value is -3.26. The van der Waals surface area contributed by atoms with Gasteiger partial charge in [-0.3, -0.25) is 9.59 Å². The van der Waals surface area contributed by atoms with Gasteiger partial charge in [0.1, 0.15) is 0 Å². The third-order valence-corrected chi connectivity index (χ3v) is 4.77. The van der Waals surface area contributed by atoms with Crippen LogP contribution in [0, 0.1) is 5.92 Å². The van der Waals surface area contributed by atoms with Gasteiger partial charge in [-0.2, -0.15) is 5.21 Å². The molecule has 2 atom stereocenters. The van der Waals surface area contributed by atoms with Crippen molar-refractivity contribution >= 4 is 23.5 Å². The van der Waals surface area contributed by atoms with Crippen molar-refractivity contribution in [3.63, 3.8) is 0 Å². The highest BCUT2D eigenvalue weighted by atomic mass is 35.5. The van der Waals surface area contributed by atoms with Crippen LogP contribution in [0.15, 0.2) is 48.5 Å². The Morgan fingerprint density at radius 2 is 1.93 bits per heavy atom. The van der Waals surface area contributed by atoms with Crippen molar-refractivity contribution < 1.29 is 14.7 Å². The molecule has 1 heterocycles. The summed E-state index contributed by atoms with van der Waals surface area (Å²) in [5.74, 6) is -2.12. The number of hydrogen-bond donors (Lipinski definition) is 3. The predicted molar refractivity (Wildman–Crippen MR) is 107 cm³/mol. The number of rotatable bonds is 8. The van der Waals surface area contributed by atoms with E-state index in [-0.39, 0.29) is 12.2 Å². The molecular weight excluding hydrogens is 394 g/mol. The molecule has 2 aromatic carbocycles. The zero-order valence-corrected chi connectivity index (χ0v) is 16.4. The molecule has 9 heteroatoms. The number of hydrogen-bond acceptors (Lipinski definition) is 5. The van der Waals surface area contributed by atoms with Gasteiger partial charge in [-0.05, 0) is 46.9 Å². The predicted octanol–water partition coefficient (Wildman–Crippen LogP) is 2.97. The number of benzene rings is 2. The largest absolute Gasteiger partial charge is 0.481 e. The normalized spacial score (nSPS) is 12.9. The van der Waals surface area contributed by atoms with Crippen LogP contribution in [0.25, 0.3) is 11.1 Å². The second-order valence-electron chi connectivity index (χ2n) is 6.79. The van der Waals surface area contributed by atoms with Crippen molar-refractivity contribution in [1.29, 1.82) is 0 Å². The monoisotopic (exact) mass is 413 g/mol. The van der Waals surface area contributed by atoms with E-state index in [1.165, 1.54) is 0 Å². The zero-order chi connectivity index (χ0) is 20.8. The number of halogens is 1. The molecule has 3 N–H and O–H groups in total. The van der Waals surface area contributed by atoms with Crippen LogP contribution in [0.1, 0.15) is 29.5 Å². The SMILES string of the molecule is C[C@@H](C[C@@H](Cc1ccc(-c2cccc(Cl)c2)cc1)NC(=O)c1nn[nH]n1)C(=O)O. The molecule has 0 fully saturated rings. The Morgan fingerprint density at radius 3 is 2.55 bits per heavy atom. The van der Waals surface area contributed by atoms with E-state index >= 15 is 0 Å². The number of carboxylic acids is 1. The molecule has 0 saturated heterocycles. The molecule has 0 aliphatic heterocycles. The van der Waals surface area contributed by atoms with Crippen molar-refractivity contribution in [2.24, 2.45) is 5.92 Å². The Balaban J connectivity index is 1.73. The highest BCUT2D eigenvalue weighted by Crippen LogP contribution is 2.23. The summed E-state index contributed by atoms with van der Waals surface area (Å²) in [5.41, 5.74) is 2.99. The molecule has 29 heavy (non-hydrogen) atoms. The van der Waals surface area contributed by atoms with Crippen LogP contribution in [0.5, 0.6) is 0 Å². The van der Waals surface area contributed by atoms with Gasteiger partial charge in [0.2, 0.25) is 0 Å². The van der Waals surface area contributed by atoms with E-state index in [2.05, 4.69) is 25.9 Å². The maximum absolute atomic E-state index is 12.3. The summed E-state index contributed by atoms with van der Waals surface area (Å²) in [5, 5.41) is 25.6. The van der Waals surface area contributed by atoms with E-state index in [0.29, 0.717) is 11.4 Å². The number of H-pyrrole nitrogens is 1.